The number of alkyl halides is 3. The van der Waals surface area contributed by atoms with Crippen molar-refractivity contribution >= 4 is 40.7 Å². The molecule has 4 rings (SSSR count). The molecule has 1 amide bonds. The zero-order chi connectivity index (χ0) is 24.6. The van der Waals surface area contributed by atoms with Crippen LogP contribution in [0, 0.1) is 0 Å². The summed E-state index contributed by atoms with van der Waals surface area (Å²) in [5.41, 5.74) is 0.708. The van der Waals surface area contributed by atoms with Gasteiger partial charge in [0.1, 0.15) is 5.69 Å². The molecule has 6 nitrogen and oxygen atoms in total. The van der Waals surface area contributed by atoms with Crippen molar-refractivity contribution in [3.05, 3.63) is 68.5 Å². The van der Waals surface area contributed by atoms with Crippen LogP contribution in [0.3, 0.4) is 0 Å². The van der Waals surface area contributed by atoms with Gasteiger partial charge in [-0.3, -0.25) is 14.5 Å². The number of benzene rings is 1. The summed E-state index contributed by atoms with van der Waals surface area (Å²) in [6.07, 6.45) is -1.12. The maximum absolute atomic E-state index is 13.3. The van der Waals surface area contributed by atoms with E-state index in [2.05, 4.69) is 20.7 Å². The number of hydrogen-bond donors (Lipinski definition) is 2. The lowest BCUT2D eigenvalue weighted by Gasteiger charge is -2.33. The monoisotopic (exact) mass is 531 g/mol. The van der Waals surface area contributed by atoms with E-state index in [9.17, 15) is 18.0 Å². The second-order valence-electron chi connectivity index (χ2n) is 7.93. The van der Waals surface area contributed by atoms with Crippen LogP contribution in [0.25, 0.3) is 11.3 Å². The minimum atomic E-state index is -4.57. The van der Waals surface area contributed by atoms with Crippen molar-refractivity contribution in [2.45, 2.75) is 24.6 Å². The lowest BCUT2D eigenvalue weighted by Crippen LogP contribution is -2.50. The minimum absolute atomic E-state index is 0.0726. The molecular weight excluding hydrogens is 514 g/mol. The summed E-state index contributed by atoms with van der Waals surface area (Å²) in [5.74, 6) is -0.833. The number of nitrogens with one attached hydrogen (secondary N) is 2. The molecule has 1 aromatic carbocycles. The molecule has 0 saturated carbocycles. The summed E-state index contributed by atoms with van der Waals surface area (Å²) in [6, 6.07) is 4.82. The van der Waals surface area contributed by atoms with Crippen LogP contribution in [0.15, 0.2) is 36.7 Å². The highest BCUT2D eigenvalue weighted by molar-refractivity contribution is 6.36. The molecule has 2 atom stereocenters. The Kier molecular flexibility index (Phi) is 7.09. The van der Waals surface area contributed by atoms with Gasteiger partial charge in [0.05, 0.1) is 32.5 Å². The Morgan fingerprint density at radius 2 is 1.91 bits per heavy atom. The summed E-state index contributed by atoms with van der Waals surface area (Å²) >= 11 is 18.3. The number of halogens is 6. The Balaban J connectivity index is 1.57. The van der Waals surface area contributed by atoms with E-state index in [1.54, 1.807) is 17.8 Å². The van der Waals surface area contributed by atoms with Gasteiger partial charge in [-0.25, -0.2) is 0 Å². The molecule has 34 heavy (non-hydrogen) atoms. The van der Waals surface area contributed by atoms with Crippen molar-refractivity contribution in [3.63, 3.8) is 0 Å². The molecule has 0 spiro atoms. The van der Waals surface area contributed by atoms with Crippen LogP contribution in [-0.4, -0.2) is 39.8 Å². The molecule has 1 saturated heterocycles. The van der Waals surface area contributed by atoms with Crippen LogP contribution in [0.5, 0.6) is 0 Å². The average Bonchev–Trinajstić information content (AvgIpc) is 3.11. The number of hydrogen-bond acceptors (Lipinski definition) is 4. The van der Waals surface area contributed by atoms with E-state index in [0.717, 1.165) is 6.07 Å². The zero-order valence-electron chi connectivity index (χ0n) is 17.8. The molecule has 180 valence electrons. The van der Waals surface area contributed by atoms with E-state index in [-0.39, 0.29) is 21.7 Å². The number of carbonyl (C=O) groups is 1. The smallest absolute Gasteiger partial charge is 0.346 e. The van der Waals surface area contributed by atoms with E-state index in [1.807, 2.05) is 0 Å². The predicted molar refractivity (Wildman–Crippen MR) is 124 cm³/mol. The van der Waals surface area contributed by atoms with Gasteiger partial charge in [-0.1, -0.05) is 40.9 Å². The first kappa shape index (κ1) is 24.8. The molecule has 12 heteroatoms. The molecule has 2 aromatic heterocycles. The second-order valence-corrected chi connectivity index (χ2v) is 9.15. The second kappa shape index (κ2) is 9.73. The van der Waals surface area contributed by atoms with Crippen LogP contribution in [-0.2, 0) is 13.2 Å². The van der Waals surface area contributed by atoms with Gasteiger partial charge >= 0.3 is 6.18 Å². The van der Waals surface area contributed by atoms with Crippen molar-refractivity contribution in [1.82, 2.24) is 25.4 Å². The number of nitrogens with zero attached hydrogens (tertiary/aromatic N) is 3. The Morgan fingerprint density at radius 3 is 2.56 bits per heavy atom. The van der Waals surface area contributed by atoms with Crippen LogP contribution in [0.1, 0.15) is 34.0 Å². The van der Waals surface area contributed by atoms with Gasteiger partial charge in [0.2, 0.25) is 0 Å². The van der Waals surface area contributed by atoms with Crippen molar-refractivity contribution in [3.8, 4) is 11.3 Å². The summed E-state index contributed by atoms with van der Waals surface area (Å²) < 4.78 is 41.6. The molecule has 3 aromatic rings. The average molecular weight is 533 g/mol. The lowest BCUT2D eigenvalue weighted by atomic mass is 9.85. The van der Waals surface area contributed by atoms with Gasteiger partial charge in [0, 0.05) is 37.3 Å². The third kappa shape index (κ3) is 5.02. The highest BCUT2D eigenvalue weighted by Gasteiger charge is 2.35. The fourth-order valence-electron chi connectivity index (χ4n) is 4.09. The Hall–Kier alpha value is -2.33. The van der Waals surface area contributed by atoms with Gasteiger partial charge < -0.3 is 10.6 Å². The third-order valence-corrected chi connectivity index (χ3v) is 6.68. The van der Waals surface area contributed by atoms with E-state index in [4.69, 9.17) is 34.8 Å². The van der Waals surface area contributed by atoms with E-state index >= 15 is 0 Å². The molecule has 1 aliphatic heterocycles. The van der Waals surface area contributed by atoms with E-state index in [0.29, 0.717) is 41.4 Å². The fourth-order valence-corrected chi connectivity index (χ4v) is 4.82. The zero-order valence-corrected chi connectivity index (χ0v) is 20.0. The van der Waals surface area contributed by atoms with Crippen molar-refractivity contribution in [2.75, 3.05) is 13.1 Å². The topological polar surface area (TPSA) is 71.8 Å². The largest absolute Gasteiger partial charge is 0.417 e. The fraction of sp³-hybridized carbons (Fsp3) is 0.318. The Morgan fingerprint density at radius 1 is 1.15 bits per heavy atom. The minimum Gasteiger partial charge on any atom is -0.346 e. The number of aromatic nitrogens is 3. The summed E-state index contributed by atoms with van der Waals surface area (Å²) in [7, 11) is 1.70. The molecule has 0 bridgehead atoms. The number of pyridine rings is 1. The van der Waals surface area contributed by atoms with Crippen LogP contribution < -0.4 is 10.6 Å². The molecule has 0 unspecified atom stereocenters. The normalized spacial score (nSPS) is 18.7. The van der Waals surface area contributed by atoms with Crippen LogP contribution in [0.2, 0.25) is 15.1 Å². The summed E-state index contributed by atoms with van der Waals surface area (Å²) in [6.45, 7) is 0.988. The summed E-state index contributed by atoms with van der Waals surface area (Å²) in [5, 5.41) is 10.4. The van der Waals surface area contributed by atoms with Gasteiger partial charge in [0.15, 0.2) is 0 Å². The standard InChI is InChI=1S/C22H19Cl3F3N5O/c1-33-20(17(25)9-31-33)13-8-30-18(7-16(13)24)21(34)32-19-10-29-5-4-12(19)11-2-3-15(23)14(6-11)22(26,27)28/h2-3,6-9,12,19,29H,4-5,10H2,1H3,(H,32,34)/t12-,19+/m0/s1. The molecule has 0 aliphatic carbocycles. The highest BCUT2D eigenvalue weighted by atomic mass is 35.5. The van der Waals surface area contributed by atoms with Gasteiger partial charge in [0.25, 0.3) is 5.91 Å². The van der Waals surface area contributed by atoms with Crippen molar-refractivity contribution in [2.24, 2.45) is 7.05 Å². The number of rotatable bonds is 4. The Labute approximate surface area is 208 Å². The quantitative estimate of drug-likeness (QED) is 0.476. The van der Waals surface area contributed by atoms with Gasteiger partial charge in [-0.2, -0.15) is 18.3 Å². The first-order valence-electron chi connectivity index (χ1n) is 10.3. The van der Waals surface area contributed by atoms with Crippen LogP contribution >= 0.6 is 34.8 Å². The first-order chi connectivity index (χ1) is 16.1. The van der Waals surface area contributed by atoms with E-state index < -0.39 is 23.7 Å². The molecule has 2 N–H and O–H groups in total. The van der Waals surface area contributed by atoms with Crippen molar-refractivity contribution < 1.29 is 18.0 Å². The van der Waals surface area contributed by atoms with Gasteiger partial charge in [-0.15, -0.1) is 0 Å². The molecule has 0 radical (unpaired) electrons. The molecule has 1 aliphatic rings. The number of piperidine rings is 1. The third-order valence-electron chi connectivity index (χ3n) is 5.76. The Bertz CT molecular complexity index is 1210. The predicted octanol–water partition coefficient (Wildman–Crippen LogP) is 5.34. The molecule has 1 fully saturated rings. The molecule has 3 heterocycles. The highest BCUT2D eigenvalue weighted by Crippen LogP contribution is 2.38. The van der Waals surface area contributed by atoms with E-state index in [1.165, 1.54) is 24.5 Å². The van der Waals surface area contributed by atoms with Crippen molar-refractivity contribution in [1.29, 1.82) is 0 Å². The molecular formula is C22H19Cl3F3N5O. The maximum Gasteiger partial charge on any atom is 0.417 e. The number of aryl methyl sites for hydroxylation is 1. The number of amides is 1. The van der Waals surface area contributed by atoms with Crippen LogP contribution in [0.4, 0.5) is 13.2 Å². The number of carbonyl (C=O) groups excluding carboxylic acids is 1. The van der Waals surface area contributed by atoms with Gasteiger partial charge in [-0.05, 0) is 36.7 Å². The first-order valence-corrected chi connectivity index (χ1v) is 11.4. The lowest BCUT2D eigenvalue weighted by molar-refractivity contribution is -0.137. The maximum atomic E-state index is 13.3. The summed E-state index contributed by atoms with van der Waals surface area (Å²) in [4.78, 5) is 17.2. The SMILES string of the molecule is Cn1ncc(Cl)c1-c1cnc(C(=O)N[C@@H]2CNCC[C@H]2c2ccc(Cl)c(C(F)(F)F)c2)cc1Cl.